The number of hydrogen-bond acceptors (Lipinski definition) is 7. The van der Waals surface area contributed by atoms with Gasteiger partial charge in [-0.05, 0) is 0 Å². The molecule has 2 heterocycles. The standard InChI is InChI=1S/C12H18N2O7/c1-20-5-4-13-8(16)2-3-14(12(13)19)11-10(18)9(17)7(6-15)21-11/h2-3,7,9-11,15,17-18H,4-6H2,1H3/t7-,9-,10-,11-/m1/s1. The van der Waals surface area contributed by atoms with E-state index in [-0.39, 0.29) is 13.2 Å². The van der Waals surface area contributed by atoms with Crippen LogP contribution in [0.5, 0.6) is 0 Å². The maximum atomic E-state index is 12.3. The van der Waals surface area contributed by atoms with Crippen LogP contribution in [0, 0.1) is 0 Å². The summed E-state index contributed by atoms with van der Waals surface area (Å²) in [7, 11) is 1.44. The van der Waals surface area contributed by atoms with Crippen LogP contribution >= 0.6 is 0 Å². The minimum Gasteiger partial charge on any atom is -0.394 e. The van der Waals surface area contributed by atoms with Crippen LogP contribution in [0.4, 0.5) is 0 Å². The second kappa shape index (κ2) is 6.50. The quantitative estimate of drug-likeness (QED) is 0.539. The summed E-state index contributed by atoms with van der Waals surface area (Å²) in [6.07, 6.45) is -3.66. The Morgan fingerprint density at radius 2 is 2.05 bits per heavy atom. The van der Waals surface area contributed by atoms with E-state index in [0.29, 0.717) is 0 Å². The normalized spacial score (nSPS) is 29.0. The first-order valence-corrected chi connectivity index (χ1v) is 6.44. The molecule has 3 N–H and O–H groups in total. The van der Waals surface area contributed by atoms with Gasteiger partial charge in [-0.1, -0.05) is 0 Å². The van der Waals surface area contributed by atoms with Crippen LogP contribution in [0.2, 0.25) is 0 Å². The van der Waals surface area contributed by atoms with Gasteiger partial charge in [0.15, 0.2) is 6.23 Å². The molecule has 21 heavy (non-hydrogen) atoms. The molecular weight excluding hydrogens is 284 g/mol. The topological polar surface area (TPSA) is 123 Å². The number of aromatic nitrogens is 2. The highest BCUT2D eigenvalue weighted by Crippen LogP contribution is 2.27. The lowest BCUT2D eigenvalue weighted by Gasteiger charge is -2.18. The lowest BCUT2D eigenvalue weighted by Crippen LogP contribution is -2.43. The zero-order valence-corrected chi connectivity index (χ0v) is 11.5. The summed E-state index contributed by atoms with van der Waals surface area (Å²) >= 11 is 0. The van der Waals surface area contributed by atoms with Gasteiger partial charge in [-0.2, -0.15) is 0 Å². The molecule has 1 aromatic rings. The van der Waals surface area contributed by atoms with Gasteiger partial charge in [0.2, 0.25) is 0 Å². The van der Waals surface area contributed by atoms with E-state index in [2.05, 4.69) is 0 Å². The van der Waals surface area contributed by atoms with Crippen LogP contribution in [0.25, 0.3) is 0 Å². The first-order chi connectivity index (χ1) is 10.0. The molecule has 0 aliphatic carbocycles. The fourth-order valence-corrected chi connectivity index (χ4v) is 2.22. The molecule has 1 saturated heterocycles. The van der Waals surface area contributed by atoms with Gasteiger partial charge in [-0.15, -0.1) is 0 Å². The van der Waals surface area contributed by atoms with E-state index in [1.165, 1.54) is 13.3 Å². The molecule has 0 unspecified atom stereocenters. The van der Waals surface area contributed by atoms with E-state index in [1.54, 1.807) is 0 Å². The average Bonchev–Trinajstić information content (AvgIpc) is 2.75. The van der Waals surface area contributed by atoms with Crippen LogP contribution in [-0.2, 0) is 16.0 Å². The molecule has 0 saturated carbocycles. The minimum atomic E-state index is -1.38. The maximum absolute atomic E-state index is 12.3. The van der Waals surface area contributed by atoms with Crippen LogP contribution < -0.4 is 11.2 Å². The molecule has 0 aromatic carbocycles. The van der Waals surface area contributed by atoms with Crippen molar-refractivity contribution in [2.24, 2.45) is 0 Å². The van der Waals surface area contributed by atoms with Crippen molar-refractivity contribution in [3.05, 3.63) is 33.1 Å². The highest BCUT2D eigenvalue weighted by atomic mass is 16.6. The van der Waals surface area contributed by atoms with E-state index in [1.807, 2.05) is 0 Å². The molecule has 1 aromatic heterocycles. The molecular formula is C12H18N2O7. The Morgan fingerprint density at radius 3 is 2.62 bits per heavy atom. The Labute approximate surface area is 119 Å². The van der Waals surface area contributed by atoms with Gasteiger partial charge in [0, 0.05) is 19.4 Å². The first-order valence-electron chi connectivity index (χ1n) is 6.44. The van der Waals surface area contributed by atoms with Crippen LogP contribution in [0.15, 0.2) is 21.9 Å². The number of aliphatic hydroxyl groups excluding tert-OH is 3. The van der Waals surface area contributed by atoms with Gasteiger partial charge < -0.3 is 24.8 Å². The lowest BCUT2D eigenvalue weighted by atomic mass is 10.1. The monoisotopic (exact) mass is 302 g/mol. The number of nitrogens with zero attached hydrogens (tertiary/aromatic N) is 2. The lowest BCUT2D eigenvalue weighted by molar-refractivity contribution is -0.0557. The summed E-state index contributed by atoms with van der Waals surface area (Å²) in [6.45, 7) is -0.258. The van der Waals surface area contributed by atoms with Gasteiger partial charge in [0.25, 0.3) is 5.56 Å². The van der Waals surface area contributed by atoms with Gasteiger partial charge in [-0.25, -0.2) is 4.79 Å². The first kappa shape index (κ1) is 15.9. The van der Waals surface area contributed by atoms with Crippen molar-refractivity contribution >= 4 is 0 Å². The summed E-state index contributed by atoms with van der Waals surface area (Å²) in [4.78, 5) is 23.9. The van der Waals surface area contributed by atoms with E-state index in [0.717, 1.165) is 15.2 Å². The van der Waals surface area contributed by atoms with Crippen molar-refractivity contribution < 1.29 is 24.8 Å². The van der Waals surface area contributed by atoms with E-state index in [9.17, 15) is 19.8 Å². The van der Waals surface area contributed by atoms with Gasteiger partial charge >= 0.3 is 5.69 Å². The zero-order valence-electron chi connectivity index (χ0n) is 11.5. The van der Waals surface area contributed by atoms with Gasteiger partial charge in [0.1, 0.15) is 18.3 Å². The fourth-order valence-electron chi connectivity index (χ4n) is 2.22. The Morgan fingerprint density at radius 1 is 1.33 bits per heavy atom. The van der Waals surface area contributed by atoms with Crippen LogP contribution in [0.1, 0.15) is 6.23 Å². The van der Waals surface area contributed by atoms with Crippen LogP contribution in [-0.4, -0.2) is 63.1 Å². The van der Waals surface area contributed by atoms with Crippen LogP contribution in [0.3, 0.4) is 0 Å². The summed E-state index contributed by atoms with van der Waals surface area (Å²) in [5, 5.41) is 28.7. The molecule has 2 rings (SSSR count). The third-order valence-electron chi connectivity index (χ3n) is 3.41. The number of rotatable bonds is 5. The molecule has 9 nitrogen and oxygen atoms in total. The minimum absolute atomic E-state index is 0.0593. The number of aliphatic hydroxyl groups is 3. The predicted octanol–water partition coefficient (Wildman–Crippen LogP) is -2.73. The molecule has 1 fully saturated rings. The molecule has 0 radical (unpaired) electrons. The van der Waals surface area contributed by atoms with Gasteiger partial charge in [-0.3, -0.25) is 13.9 Å². The summed E-state index contributed by atoms with van der Waals surface area (Å²) in [5.41, 5.74) is -1.19. The average molecular weight is 302 g/mol. The Balaban J connectivity index is 2.37. The van der Waals surface area contributed by atoms with E-state index >= 15 is 0 Å². The second-order valence-electron chi connectivity index (χ2n) is 4.72. The van der Waals surface area contributed by atoms with E-state index < -0.39 is 42.4 Å². The van der Waals surface area contributed by atoms with Gasteiger partial charge in [0.05, 0.1) is 19.8 Å². The molecule has 9 heteroatoms. The van der Waals surface area contributed by atoms with Crippen molar-refractivity contribution in [3.63, 3.8) is 0 Å². The number of ether oxygens (including phenoxy) is 2. The molecule has 118 valence electrons. The number of hydrogen-bond donors (Lipinski definition) is 3. The highest BCUT2D eigenvalue weighted by Gasteiger charge is 2.43. The molecule has 1 aliphatic rings. The second-order valence-corrected chi connectivity index (χ2v) is 4.72. The smallest absolute Gasteiger partial charge is 0.333 e. The summed E-state index contributed by atoms with van der Waals surface area (Å²) in [6, 6.07) is 1.16. The Bertz CT molecular complexity index is 596. The Hall–Kier alpha value is -1.52. The Kier molecular flexibility index (Phi) is 4.91. The molecule has 0 spiro atoms. The molecule has 0 bridgehead atoms. The van der Waals surface area contributed by atoms with Crippen molar-refractivity contribution in [2.45, 2.75) is 31.1 Å². The fraction of sp³-hybridized carbons (Fsp3) is 0.667. The highest BCUT2D eigenvalue weighted by molar-refractivity contribution is 4.94. The summed E-state index contributed by atoms with van der Waals surface area (Å²) in [5.74, 6) is 0. The molecule has 4 atom stereocenters. The molecule has 1 aliphatic heterocycles. The predicted molar refractivity (Wildman–Crippen MR) is 69.8 cm³/mol. The largest absolute Gasteiger partial charge is 0.394 e. The molecule has 0 amide bonds. The number of methoxy groups -OCH3 is 1. The maximum Gasteiger partial charge on any atom is 0.333 e. The third kappa shape index (κ3) is 2.92. The SMILES string of the molecule is COCCn1c(=O)ccn([C@@H]2O[C@H](CO)[C@@H](O)[C@H]2O)c1=O. The zero-order chi connectivity index (χ0) is 15.6. The van der Waals surface area contributed by atoms with Crippen molar-refractivity contribution in [1.82, 2.24) is 9.13 Å². The van der Waals surface area contributed by atoms with Crippen molar-refractivity contribution in [1.29, 1.82) is 0 Å². The van der Waals surface area contributed by atoms with E-state index in [4.69, 9.17) is 14.6 Å². The summed E-state index contributed by atoms with van der Waals surface area (Å²) < 4.78 is 12.1. The third-order valence-corrected chi connectivity index (χ3v) is 3.41. The van der Waals surface area contributed by atoms with Crippen molar-refractivity contribution in [2.75, 3.05) is 20.3 Å². The van der Waals surface area contributed by atoms with Crippen molar-refractivity contribution in [3.8, 4) is 0 Å².